The number of nitrogens with zero attached hydrogens (tertiary/aromatic N) is 2. The van der Waals surface area contributed by atoms with Gasteiger partial charge in [-0.3, -0.25) is 9.59 Å². The third kappa shape index (κ3) is 5.42. The van der Waals surface area contributed by atoms with Crippen molar-refractivity contribution in [2.45, 2.75) is 40.0 Å². The second-order valence-corrected chi connectivity index (χ2v) is 5.05. The molecular formula is C14H23N3O3. The Bertz CT molecular complexity index is 415. The van der Waals surface area contributed by atoms with Crippen molar-refractivity contribution >= 4 is 17.6 Å². The molecule has 6 nitrogen and oxygen atoms in total. The molecule has 1 rings (SSSR count). The molecule has 2 amide bonds. The summed E-state index contributed by atoms with van der Waals surface area (Å²) in [5, 5.41) is 6.21. The van der Waals surface area contributed by atoms with E-state index in [-0.39, 0.29) is 24.3 Å². The summed E-state index contributed by atoms with van der Waals surface area (Å²) in [4.78, 5) is 25.6. The molecule has 0 fully saturated rings. The summed E-state index contributed by atoms with van der Waals surface area (Å²) >= 11 is 0. The van der Waals surface area contributed by atoms with Crippen molar-refractivity contribution in [2.75, 3.05) is 18.4 Å². The zero-order valence-electron chi connectivity index (χ0n) is 12.4. The molecule has 0 unspecified atom stereocenters. The fourth-order valence-corrected chi connectivity index (χ4v) is 1.82. The Labute approximate surface area is 119 Å². The van der Waals surface area contributed by atoms with Crippen molar-refractivity contribution in [3.63, 3.8) is 0 Å². The second-order valence-electron chi connectivity index (χ2n) is 5.05. The Balaban J connectivity index is 2.53. The van der Waals surface area contributed by atoms with Gasteiger partial charge in [-0.15, -0.1) is 0 Å². The highest BCUT2D eigenvalue weighted by Gasteiger charge is 2.19. The number of hydrogen-bond acceptors (Lipinski definition) is 4. The maximum atomic E-state index is 12.1. The molecule has 0 aromatic carbocycles. The van der Waals surface area contributed by atoms with Crippen molar-refractivity contribution in [1.29, 1.82) is 0 Å². The van der Waals surface area contributed by atoms with Crippen LogP contribution in [0, 0.1) is 5.92 Å². The van der Waals surface area contributed by atoms with Gasteiger partial charge in [0.25, 0.3) is 0 Å². The van der Waals surface area contributed by atoms with Gasteiger partial charge in [0.15, 0.2) is 5.82 Å². The second kappa shape index (κ2) is 8.35. The number of carbonyl (C=O) groups is 2. The SMILES string of the molecule is CCCCCN(CC(=O)Nc1ccon1)C(=O)C(C)C. The predicted octanol–water partition coefficient (Wildman–Crippen LogP) is 2.29. The minimum Gasteiger partial charge on any atom is -0.363 e. The number of carbonyl (C=O) groups excluding carboxylic acids is 2. The molecule has 0 saturated heterocycles. The molecular weight excluding hydrogens is 258 g/mol. The normalized spacial score (nSPS) is 10.6. The Morgan fingerprint density at radius 2 is 2.15 bits per heavy atom. The van der Waals surface area contributed by atoms with E-state index in [0.29, 0.717) is 12.4 Å². The molecule has 20 heavy (non-hydrogen) atoms. The average Bonchev–Trinajstić information content (AvgIpc) is 2.89. The van der Waals surface area contributed by atoms with Gasteiger partial charge in [0.2, 0.25) is 11.8 Å². The van der Waals surface area contributed by atoms with Crippen LogP contribution in [0.3, 0.4) is 0 Å². The van der Waals surface area contributed by atoms with Crippen LogP contribution in [-0.2, 0) is 9.59 Å². The first-order valence-electron chi connectivity index (χ1n) is 7.03. The molecule has 0 aliphatic heterocycles. The largest absolute Gasteiger partial charge is 0.363 e. The Hall–Kier alpha value is -1.85. The van der Waals surface area contributed by atoms with E-state index < -0.39 is 0 Å². The molecule has 0 aliphatic carbocycles. The lowest BCUT2D eigenvalue weighted by Crippen LogP contribution is -2.40. The van der Waals surface area contributed by atoms with Gasteiger partial charge in [-0.2, -0.15) is 0 Å². The van der Waals surface area contributed by atoms with Crippen LogP contribution >= 0.6 is 0 Å². The molecule has 1 N–H and O–H groups in total. The summed E-state index contributed by atoms with van der Waals surface area (Å²) in [6.07, 6.45) is 4.42. The van der Waals surface area contributed by atoms with Gasteiger partial charge in [-0.25, -0.2) is 0 Å². The van der Waals surface area contributed by atoms with Crippen LogP contribution in [-0.4, -0.2) is 35.0 Å². The van der Waals surface area contributed by atoms with Gasteiger partial charge in [-0.1, -0.05) is 38.8 Å². The van der Waals surface area contributed by atoms with Crippen LogP contribution in [0.2, 0.25) is 0 Å². The van der Waals surface area contributed by atoms with Crippen LogP contribution in [0.1, 0.15) is 40.0 Å². The molecule has 0 saturated carbocycles. The van der Waals surface area contributed by atoms with E-state index in [9.17, 15) is 9.59 Å². The third-order valence-electron chi connectivity index (χ3n) is 2.88. The van der Waals surface area contributed by atoms with Gasteiger partial charge < -0.3 is 14.7 Å². The highest BCUT2D eigenvalue weighted by molar-refractivity contribution is 5.93. The van der Waals surface area contributed by atoms with Crippen molar-refractivity contribution < 1.29 is 14.1 Å². The lowest BCUT2D eigenvalue weighted by atomic mass is 10.1. The first kappa shape index (κ1) is 16.2. The molecule has 0 atom stereocenters. The van der Waals surface area contributed by atoms with Crippen molar-refractivity contribution in [3.8, 4) is 0 Å². The van der Waals surface area contributed by atoms with Crippen LogP contribution < -0.4 is 5.32 Å². The smallest absolute Gasteiger partial charge is 0.245 e. The van der Waals surface area contributed by atoms with E-state index in [1.807, 2.05) is 13.8 Å². The number of anilines is 1. The fourth-order valence-electron chi connectivity index (χ4n) is 1.82. The number of amides is 2. The Kier molecular flexibility index (Phi) is 6.76. The zero-order chi connectivity index (χ0) is 15.0. The average molecular weight is 281 g/mol. The van der Waals surface area contributed by atoms with Crippen LogP contribution in [0.25, 0.3) is 0 Å². The number of aromatic nitrogens is 1. The molecule has 0 aliphatic rings. The Morgan fingerprint density at radius 3 is 2.70 bits per heavy atom. The van der Waals surface area contributed by atoms with Gasteiger partial charge >= 0.3 is 0 Å². The number of rotatable bonds is 8. The molecule has 0 radical (unpaired) electrons. The highest BCUT2D eigenvalue weighted by Crippen LogP contribution is 2.06. The summed E-state index contributed by atoms with van der Waals surface area (Å²) in [7, 11) is 0. The predicted molar refractivity (Wildman–Crippen MR) is 76.1 cm³/mol. The van der Waals surface area contributed by atoms with Crippen molar-refractivity contribution in [2.24, 2.45) is 5.92 Å². The van der Waals surface area contributed by atoms with Crippen LogP contribution in [0.5, 0.6) is 0 Å². The third-order valence-corrected chi connectivity index (χ3v) is 2.88. The van der Waals surface area contributed by atoms with E-state index in [1.165, 1.54) is 6.26 Å². The summed E-state index contributed by atoms with van der Waals surface area (Å²) in [5.41, 5.74) is 0. The van der Waals surface area contributed by atoms with Crippen molar-refractivity contribution in [3.05, 3.63) is 12.3 Å². The molecule has 1 aromatic heterocycles. The lowest BCUT2D eigenvalue weighted by molar-refractivity contribution is -0.137. The van der Waals surface area contributed by atoms with Gasteiger partial charge in [0.1, 0.15) is 6.26 Å². The maximum Gasteiger partial charge on any atom is 0.245 e. The fraction of sp³-hybridized carbons (Fsp3) is 0.643. The first-order valence-corrected chi connectivity index (χ1v) is 7.03. The highest BCUT2D eigenvalue weighted by atomic mass is 16.5. The summed E-state index contributed by atoms with van der Waals surface area (Å²) in [5.74, 6) is -0.0159. The van der Waals surface area contributed by atoms with Gasteiger partial charge in [-0.05, 0) is 6.42 Å². The summed E-state index contributed by atoms with van der Waals surface area (Å²) in [6, 6.07) is 1.56. The van der Waals surface area contributed by atoms with E-state index in [2.05, 4.69) is 21.9 Å². The molecule has 6 heteroatoms. The van der Waals surface area contributed by atoms with E-state index in [0.717, 1.165) is 19.3 Å². The quantitative estimate of drug-likeness (QED) is 0.742. The Morgan fingerprint density at radius 1 is 1.40 bits per heavy atom. The van der Waals surface area contributed by atoms with E-state index in [4.69, 9.17) is 0 Å². The number of hydrogen-bond donors (Lipinski definition) is 1. The number of nitrogens with one attached hydrogen (secondary N) is 1. The standard InChI is InChI=1S/C14H23N3O3/c1-4-5-6-8-17(14(19)11(2)3)10-13(18)15-12-7-9-20-16-12/h7,9,11H,4-6,8,10H2,1-3H3,(H,15,16,18). The molecule has 0 bridgehead atoms. The monoisotopic (exact) mass is 281 g/mol. The minimum atomic E-state index is -0.260. The van der Waals surface area contributed by atoms with Crippen molar-refractivity contribution in [1.82, 2.24) is 10.1 Å². The minimum absolute atomic E-state index is 0.00333. The van der Waals surface area contributed by atoms with Crippen LogP contribution in [0.15, 0.2) is 16.9 Å². The van der Waals surface area contributed by atoms with E-state index >= 15 is 0 Å². The molecule has 1 heterocycles. The molecule has 0 spiro atoms. The first-order chi connectivity index (χ1) is 9.54. The maximum absolute atomic E-state index is 12.1. The molecule has 112 valence electrons. The van der Waals surface area contributed by atoms with Gasteiger partial charge in [0.05, 0.1) is 6.54 Å². The van der Waals surface area contributed by atoms with Crippen LogP contribution in [0.4, 0.5) is 5.82 Å². The van der Waals surface area contributed by atoms with E-state index in [1.54, 1.807) is 11.0 Å². The summed E-state index contributed by atoms with van der Waals surface area (Å²) < 4.78 is 4.64. The topological polar surface area (TPSA) is 75.4 Å². The molecule has 1 aromatic rings. The summed E-state index contributed by atoms with van der Waals surface area (Å²) in [6.45, 7) is 6.44. The zero-order valence-corrected chi connectivity index (χ0v) is 12.4. The number of unbranched alkanes of at least 4 members (excludes halogenated alkanes) is 2. The van der Waals surface area contributed by atoms with Gasteiger partial charge in [0, 0.05) is 18.5 Å². The lowest BCUT2D eigenvalue weighted by Gasteiger charge is -2.23.